The number of aromatic nitrogens is 1. The van der Waals surface area contributed by atoms with Crippen molar-refractivity contribution in [2.45, 2.75) is 38.6 Å². The van der Waals surface area contributed by atoms with E-state index >= 15 is 0 Å². The van der Waals surface area contributed by atoms with Gasteiger partial charge in [0.25, 0.3) is 10.1 Å². The van der Waals surface area contributed by atoms with Crippen LogP contribution in [0.2, 0.25) is 0 Å². The summed E-state index contributed by atoms with van der Waals surface area (Å²) in [7, 11) is -2.05. The molecule has 0 spiro atoms. The van der Waals surface area contributed by atoms with Crippen molar-refractivity contribution in [3.05, 3.63) is 75.9 Å². The van der Waals surface area contributed by atoms with Crippen LogP contribution in [0.15, 0.2) is 48.8 Å². The van der Waals surface area contributed by atoms with Crippen LogP contribution in [-0.2, 0) is 45.5 Å². The number of ether oxygens (including phenoxy) is 1. The number of para-hydroxylation sites is 1. The summed E-state index contributed by atoms with van der Waals surface area (Å²) in [4.78, 5) is 32.3. The van der Waals surface area contributed by atoms with Gasteiger partial charge in [-0.05, 0) is 48.1 Å². The zero-order valence-electron chi connectivity index (χ0n) is 21.7. The molecule has 0 fully saturated rings. The van der Waals surface area contributed by atoms with Crippen molar-refractivity contribution in [3.8, 4) is 11.8 Å². The molecule has 0 radical (unpaired) electrons. The van der Waals surface area contributed by atoms with E-state index in [9.17, 15) is 23.3 Å². The molecular formula is C27H30N4O6S2. The van der Waals surface area contributed by atoms with E-state index in [0.717, 1.165) is 27.3 Å². The second-order valence-electron chi connectivity index (χ2n) is 8.84. The molecule has 2 N–H and O–H groups in total. The van der Waals surface area contributed by atoms with Crippen molar-refractivity contribution >= 4 is 38.3 Å². The second-order valence-corrected chi connectivity index (χ2v) is 11.4. The maximum Gasteiger partial charge on any atom is 0.261 e. The summed E-state index contributed by atoms with van der Waals surface area (Å²) in [5.41, 5.74) is 3.47. The van der Waals surface area contributed by atoms with Gasteiger partial charge >= 0.3 is 0 Å². The van der Waals surface area contributed by atoms with Crippen molar-refractivity contribution < 1.29 is 27.3 Å². The lowest BCUT2D eigenvalue weighted by Gasteiger charge is -2.27. The van der Waals surface area contributed by atoms with Crippen molar-refractivity contribution in [2.75, 3.05) is 25.2 Å². The summed E-state index contributed by atoms with van der Waals surface area (Å²) in [6.07, 6.45) is 6.73. The molecular weight excluding hydrogens is 540 g/mol. The lowest BCUT2D eigenvalue weighted by atomic mass is 10.0. The fourth-order valence-corrected chi connectivity index (χ4v) is 5.35. The molecule has 3 aromatic rings. The van der Waals surface area contributed by atoms with Crippen LogP contribution in [0.1, 0.15) is 40.0 Å². The van der Waals surface area contributed by atoms with E-state index in [1.165, 1.54) is 11.3 Å². The van der Waals surface area contributed by atoms with Crippen LogP contribution in [0.25, 0.3) is 0 Å². The Morgan fingerprint density at radius 2 is 1.95 bits per heavy atom. The number of aryl methyl sites for hydroxylation is 2. The molecule has 3 heterocycles. The molecule has 0 bridgehead atoms. The highest BCUT2D eigenvalue weighted by atomic mass is 32.2. The number of hydrogen-bond acceptors (Lipinski definition) is 8. The predicted molar refractivity (Wildman–Crippen MR) is 148 cm³/mol. The number of rotatable bonds is 8. The third kappa shape index (κ3) is 9.17. The highest BCUT2D eigenvalue weighted by Crippen LogP contribution is 2.37. The number of thiophene rings is 1. The fourth-order valence-electron chi connectivity index (χ4n) is 4.12. The molecule has 206 valence electrons. The molecule has 1 aliphatic heterocycles. The first kappa shape index (κ1) is 29.8. The normalized spacial score (nSPS) is 12.4. The molecule has 39 heavy (non-hydrogen) atoms. The van der Waals surface area contributed by atoms with Gasteiger partial charge in [0.1, 0.15) is 16.8 Å². The number of nitriles is 1. The van der Waals surface area contributed by atoms with Crippen LogP contribution in [0.5, 0.6) is 5.75 Å². The van der Waals surface area contributed by atoms with Gasteiger partial charge in [-0.25, -0.2) is 0 Å². The molecule has 10 nitrogen and oxygen atoms in total. The number of amides is 2. The molecule has 2 aromatic heterocycles. The first-order valence-corrected chi connectivity index (χ1v) is 14.8. The smallest absolute Gasteiger partial charge is 0.261 e. The Morgan fingerprint density at radius 1 is 1.21 bits per heavy atom. The Labute approximate surface area is 232 Å². The van der Waals surface area contributed by atoms with Gasteiger partial charge in [-0.3, -0.25) is 19.1 Å². The van der Waals surface area contributed by atoms with E-state index in [1.807, 2.05) is 41.3 Å². The number of hydrogen-bond donors (Lipinski definition) is 2. The number of carbonyl (C=O) groups is 2. The number of anilines is 1. The number of nitrogens with zero attached hydrogens (tertiary/aromatic N) is 3. The van der Waals surface area contributed by atoms with E-state index in [0.29, 0.717) is 55.6 Å². The van der Waals surface area contributed by atoms with Crippen LogP contribution < -0.4 is 10.1 Å². The second kappa shape index (κ2) is 13.8. The number of methoxy groups -OCH3 is 1. The standard InChI is InChI=1S/C26H26N4O3S.CH4O3S/c1-33-22-7-3-2-6-19(22)9-10-24(31)29-26-21(15-27)20-12-14-30(17-23(20)34-26)25(32)11-8-18-5-4-13-28-16-18;1-5(2,3)4/h2-7,13,16H,8-12,14,17H2,1H3,(H,29,31);1H3,(H,2,3,4). The quantitative estimate of drug-likeness (QED) is 0.390. The number of pyridine rings is 1. The Balaban J connectivity index is 0.000000771. The Hall–Kier alpha value is -3.79. The summed E-state index contributed by atoms with van der Waals surface area (Å²) in [6, 6.07) is 13.7. The van der Waals surface area contributed by atoms with Gasteiger partial charge < -0.3 is 15.0 Å². The van der Waals surface area contributed by atoms with E-state index in [4.69, 9.17) is 9.29 Å². The van der Waals surface area contributed by atoms with Crippen molar-refractivity contribution in [1.29, 1.82) is 5.26 Å². The maximum absolute atomic E-state index is 12.8. The first-order valence-electron chi connectivity index (χ1n) is 12.1. The van der Waals surface area contributed by atoms with Gasteiger partial charge in [-0.15, -0.1) is 11.3 Å². The van der Waals surface area contributed by atoms with Gasteiger partial charge in [0, 0.05) is 36.7 Å². The Kier molecular flexibility index (Phi) is 10.6. The summed E-state index contributed by atoms with van der Waals surface area (Å²) in [6.45, 7) is 1.04. The van der Waals surface area contributed by atoms with E-state index in [-0.39, 0.29) is 18.2 Å². The first-order chi connectivity index (χ1) is 18.6. The summed E-state index contributed by atoms with van der Waals surface area (Å²) in [5, 5.41) is 13.2. The average molecular weight is 571 g/mol. The zero-order valence-corrected chi connectivity index (χ0v) is 23.3. The summed E-state index contributed by atoms with van der Waals surface area (Å²) >= 11 is 1.40. The third-order valence-electron chi connectivity index (χ3n) is 5.94. The predicted octanol–water partition coefficient (Wildman–Crippen LogP) is 3.62. The number of fused-ring (bicyclic) bond motifs is 1. The van der Waals surface area contributed by atoms with Crippen LogP contribution in [0, 0.1) is 11.3 Å². The van der Waals surface area contributed by atoms with Gasteiger partial charge in [0.15, 0.2) is 0 Å². The molecule has 0 aliphatic carbocycles. The van der Waals surface area contributed by atoms with Crippen molar-refractivity contribution in [2.24, 2.45) is 0 Å². The third-order valence-corrected chi connectivity index (χ3v) is 7.07. The van der Waals surface area contributed by atoms with E-state index < -0.39 is 10.1 Å². The van der Waals surface area contributed by atoms with Crippen LogP contribution in [0.4, 0.5) is 5.00 Å². The SMILES string of the molecule is COc1ccccc1CCC(=O)Nc1sc2c(c1C#N)CCN(C(=O)CCc1cccnc1)C2.CS(=O)(=O)O. The summed E-state index contributed by atoms with van der Waals surface area (Å²) < 4.78 is 31.2. The highest BCUT2D eigenvalue weighted by Gasteiger charge is 2.27. The molecule has 1 aromatic carbocycles. The zero-order chi connectivity index (χ0) is 28.4. The molecule has 0 atom stereocenters. The highest BCUT2D eigenvalue weighted by molar-refractivity contribution is 7.85. The van der Waals surface area contributed by atoms with E-state index in [2.05, 4.69) is 16.4 Å². The van der Waals surface area contributed by atoms with Crippen LogP contribution in [0.3, 0.4) is 0 Å². The van der Waals surface area contributed by atoms with Crippen molar-refractivity contribution in [3.63, 3.8) is 0 Å². The average Bonchev–Trinajstić information content (AvgIpc) is 3.26. The van der Waals surface area contributed by atoms with Crippen LogP contribution >= 0.6 is 11.3 Å². The van der Waals surface area contributed by atoms with Gasteiger partial charge in [0.2, 0.25) is 11.8 Å². The lowest BCUT2D eigenvalue weighted by Crippen LogP contribution is -2.35. The molecule has 0 saturated heterocycles. The minimum Gasteiger partial charge on any atom is -0.496 e. The molecule has 0 saturated carbocycles. The largest absolute Gasteiger partial charge is 0.496 e. The topological polar surface area (TPSA) is 150 Å². The lowest BCUT2D eigenvalue weighted by molar-refractivity contribution is -0.132. The van der Waals surface area contributed by atoms with E-state index in [1.54, 1.807) is 19.5 Å². The van der Waals surface area contributed by atoms with Gasteiger partial charge in [-0.1, -0.05) is 24.3 Å². The monoisotopic (exact) mass is 570 g/mol. The maximum atomic E-state index is 12.8. The minimum absolute atomic E-state index is 0.0869. The fraction of sp³-hybridized carbons (Fsp3) is 0.333. The number of benzene rings is 1. The molecule has 1 aliphatic rings. The minimum atomic E-state index is -3.67. The Morgan fingerprint density at radius 3 is 2.62 bits per heavy atom. The molecule has 0 unspecified atom stereocenters. The van der Waals surface area contributed by atoms with Gasteiger partial charge in [-0.2, -0.15) is 13.7 Å². The molecule has 4 rings (SSSR count). The molecule has 2 amide bonds. The van der Waals surface area contributed by atoms with Crippen LogP contribution in [-0.4, -0.2) is 54.6 Å². The Bertz CT molecular complexity index is 1440. The number of carbonyl (C=O) groups excluding carboxylic acids is 2. The van der Waals surface area contributed by atoms with Gasteiger partial charge in [0.05, 0.1) is 25.5 Å². The van der Waals surface area contributed by atoms with Crippen molar-refractivity contribution in [1.82, 2.24) is 9.88 Å². The number of nitrogens with one attached hydrogen (secondary N) is 1. The molecule has 12 heteroatoms. The summed E-state index contributed by atoms with van der Waals surface area (Å²) in [5.74, 6) is 0.696.